The number of carbonyl (C=O) groups is 1. The molecule has 11 heteroatoms. The zero-order chi connectivity index (χ0) is 15.6. The molecule has 0 spiro atoms. The zero-order valence-electron chi connectivity index (χ0n) is 10.7. The van der Waals surface area contributed by atoms with E-state index in [1.54, 1.807) is 0 Å². The Morgan fingerprint density at radius 1 is 1.43 bits per heavy atom. The summed E-state index contributed by atoms with van der Waals surface area (Å²) in [5.74, 6) is -0.660. The molecule has 2 rings (SSSR count). The summed E-state index contributed by atoms with van der Waals surface area (Å²) in [5.41, 5.74) is 5.86. The van der Waals surface area contributed by atoms with Crippen LogP contribution in [-0.4, -0.2) is 35.8 Å². The van der Waals surface area contributed by atoms with Crippen LogP contribution in [0.1, 0.15) is 10.6 Å². The minimum Gasteiger partial charge on any atom is -0.366 e. The fourth-order valence-corrected chi connectivity index (χ4v) is 2.30. The van der Waals surface area contributed by atoms with Gasteiger partial charge in [0.25, 0.3) is 5.91 Å². The van der Waals surface area contributed by atoms with Gasteiger partial charge < -0.3 is 11.1 Å². The minimum absolute atomic E-state index is 0.0501. The number of aromatic nitrogens is 3. The van der Waals surface area contributed by atoms with Crippen LogP contribution in [0, 0.1) is 0 Å². The van der Waals surface area contributed by atoms with E-state index in [-0.39, 0.29) is 22.5 Å². The minimum atomic E-state index is -3.43. The number of carbonyl (C=O) groups excluding carboxylic acids is 1. The molecule has 0 unspecified atom stereocenters. The highest BCUT2D eigenvalue weighted by molar-refractivity contribution is 7.92. The highest BCUT2D eigenvalue weighted by Crippen LogP contribution is 2.26. The SMILES string of the molecule is CS(=O)(=O)Nc1ccc(NC(=O)c2nc(N)n[nH]2)cc1Cl. The van der Waals surface area contributed by atoms with Crippen molar-refractivity contribution in [3.05, 3.63) is 29.0 Å². The van der Waals surface area contributed by atoms with Crippen LogP contribution in [-0.2, 0) is 10.0 Å². The Kier molecular flexibility index (Phi) is 4.00. The molecule has 0 bridgehead atoms. The van der Waals surface area contributed by atoms with E-state index >= 15 is 0 Å². The molecule has 2 aromatic rings. The van der Waals surface area contributed by atoms with Crippen molar-refractivity contribution in [1.82, 2.24) is 15.2 Å². The lowest BCUT2D eigenvalue weighted by molar-refractivity contribution is 0.101. The number of rotatable bonds is 4. The van der Waals surface area contributed by atoms with E-state index in [1.807, 2.05) is 0 Å². The molecule has 21 heavy (non-hydrogen) atoms. The van der Waals surface area contributed by atoms with Gasteiger partial charge in [0.2, 0.25) is 21.8 Å². The summed E-state index contributed by atoms with van der Waals surface area (Å²) in [6, 6.07) is 4.30. The first-order valence-electron chi connectivity index (χ1n) is 5.51. The van der Waals surface area contributed by atoms with Crippen LogP contribution in [0.3, 0.4) is 0 Å². The van der Waals surface area contributed by atoms with Gasteiger partial charge in [0.05, 0.1) is 17.0 Å². The van der Waals surface area contributed by atoms with Gasteiger partial charge in [0.1, 0.15) is 0 Å². The van der Waals surface area contributed by atoms with Crippen molar-refractivity contribution in [2.75, 3.05) is 22.0 Å². The molecule has 0 fully saturated rings. The number of hydrogen-bond acceptors (Lipinski definition) is 6. The number of amides is 1. The number of nitrogens with zero attached hydrogens (tertiary/aromatic N) is 2. The Morgan fingerprint density at radius 3 is 2.67 bits per heavy atom. The molecule has 0 aliphatic rings. The van der Waals surface area contributed by atoms with E-state index in [4.69, 9.17) is 17.3 Å². The molecule has 1 aromatic carbocycles. The maximum atomic E-state index is 11.8. The molecule has 0 saturated heterocycles. The number of halogens is 1. The molecule has 0 aliphatic carbocycles. The number of nitrogens with one attached hydrogen (secondary N) is 3. The van der Waals surface area contributed by atoms with Gasteiger partial charge >= 0.3 is 0 Å². The first kappa shape index (κ1) is 15.1. The number of sulfonamides is 1. The number of anilines is 3. The van der Waals surface area contributed by atoms with Gasteiger partial charge in [-0.1, -0.05) is 11.6 Å². The molecule has 0 radical (unpaired) electrons. The van der Waals surface area contributed by atoms with Crippen LogP contribution < -0.4 is 15.8 Å². The van der Waals surface area contributed by atoms with Crippen LogP contribution >= 0.6 is 11.6 Å². The number of nitrogen functional groups attached to an aromatic ring is 1. The average molecular weight is 331 g/mol. The fourth-order valence-electron chi connectivity index (χ4n) is 1.44. The normalized spacial score (nSPS) is 11.1. The van der Waals surface area contributed by atoms with E-state index in [1.165, 1.54) is 18.2 Å². The number of H-pyrrole nitrogens is 1. The third-order valence-corrected chi connectivity index (χ3v) is 3.14. The summed E-state index contributed by atoms with van der Waals surface area (Å²) in [4.78, 5) is 15.5. The van der Waals surface area contributed by atoms with Gasteiger partial charge in [-0.25, -0.2) is 8.42 Å². The summed E-state index contributed by atoms with van der Waals surface area (Å²) in [6.07, 6.45) is 1.01. The molecular formula is C10H11ClN6O3S. The van der Waals surface area contributed by atoms with Crippen molar-refractivity contribution in [3.63, 3.8) is 0 Å². The van der Waals surface area contributed by atoms with E-state index < -0.39 is 15.9 Å². The van der Waals surface area contributed by atoms with Crippen LogP contribution in [0.4, 0.5) is 17.3 Å². The molecule has 9 nitrogen and oxygen atoms in total. The second-order valence-electron chi connectivity index (χ2n) is 4.07. The second kappa shape index (κ2) is 5.58. The van der Waals surface area contributed by atoms with E-state index in [0.717, 1.165) is 6.26 Å². The number of aromatic amines is 1. The zero-order valence-corrected chi connectivity index (χ0v) is 12.3. The quantitative estimate of drug-likeness (QED) is 0.648. The summed E-state index contributed by atoms with van der Waals surface area (Å²) >= 11 is 5.93. The van der Waals surface area contributed by atoms with E-state index in [0.29, 0.717) is 5.69 Å². The molecule has 0 atom stereocenters. The standard InChI is InChI=1S/C10H11ClN6O3S/c1-21(19,20)17-7-3-2-5(4-6(7)11)13-9(18)8-14-10(12)16-15-8/h2-4,17H,1H3,(H,13,18)(H3,12,14,15,16). The summed E-state index contributed by atoms with van der Waals surface area (Å²) in [7, 11) is -3.43. The Bertz CT molecular complexity index is 788. The van der Waals surface area contributed by atoms with Crippen LogP contribution in [0.15, 0.2) is 18.2 Å². The van der Waals surface area contributed by atoms with Gasteiger partial charge in [-0.2, -0.15) is 4.98 Å². The van der Waals surface area contributed by atoms with E-state index in [2.05, 4.69) is 25.2 Å². The number of nitrogens with two attached hydrogens (primary N) is 1. The maximum Gasteiger partial charge on any atom is 0.293 e. The lowest BCUT2D eigenvalue weighted by Gasteiger charge is -2.08. The van der Waals surface area contributed by atoms with Gasteiger partial charge in [-0.15, -0.1) is 5.10 Å². The fraction of sp³-hybridized carbons (Fsp3) is 0.100. The monoisotopic (exact) mass is 330 g/mol. The van der Waals surface area contributed by atoms with Gasteiger partial charge in [-0.3, -0.25) is 14.6 Å². The van der Waals surface area contributed by atoms with E-state index in [9.17, 15) is 13.2 Å². The van der Waals surface area contributed by atoms with Crippen molar-refractivity contribution in [2.24, 2.45) is 0 Å². The topological polar surface area (TPSA) is 143 Å². The van der Waals surface area contributed by atoms with Crippen molar-refractivity contribution < 1.29 is 13.2 Å². The third kappa shape index (κ3) is 4.07. The Hall–Kier alpha value is -2.33. The molecule has 0 saturated carbocycles. The molecule has 5 N–H and O–H groups in total. The predicted molar refractivity (Wildman–Crippen MR) is 78.7 cm³/mol. The lowest BCUT2D eigenvalue weighted by atomic mass is 10.3. The Labute approximate surface area is 125 Å². The van der Waals surface area contributed by atoms with Crippen molar-refractivity contribution in [2.45, 2.75) is 0 Å². The number of hydrogen-bond donors (Lipinski definition) is 4. The summed E-state index contributed by atoms with van der Waals surface area (Å²) < 4.78 is 24.5. The highest BCUT2D eigenvalue weighted by atomic mass is 35.5. The molecule has 1 heterocycles. The smallest absolute Gasteiger partial charge is 0.293 e. The summed E-state index contributed by atoms with van der Waals surface area (Å²) in [5, 5.41) is 8.54. The highest BCUT2D eigenvalue weighted by Gasteiger charge is 2.12. The van der Waals surface area contributed by atoms with Crippen LogP contribution in [0.2, 0.25) is 5.02 Å². The van der Waals surface area contributed by atoms with Crippen LogP contribution in [0.25, 0.3) is 0 Å². The average Bonchev–Trinajstić information content (AvgIpc) is 2.78. The molecular weight excluding hydrogens is 320 g/mol. The first-order chi connectivity index (χ1) is 9.74. The van der Waals surface area contributed by atoms with Crippen molar-refractivity contribution >= 4 is 44.9 Å². The molecule has 0 aliphatic heterocycles. The van der Waals surface area contributed by atoms with Crippen molar-refractivity contribution in [1.29, 1.82) is 0 Å². The summed E-state index contributed by atoms with van der Waals surface area (Å²) in [6.45, 7) is 0. The first-order valence-corrected chi connectivity index (χ1v) is 7.78. The predicted octanol–water partition coefficient (Wildman–Crippen LogP) is 0.664. The Morgan fingerprint density at radius 2 is 2.14 bits per heavy atom. The Balaban J connectivity index is 2.15. The largest absolute Gasteiger partial charge is 0.366 e. The van der Waals surface area contributed by atoms with Crippen molar-refractivity contribution in [3.8, 4) is 0 Å². The molecule has 1 aromatic heterocycles. The number of benzene rings is 1. The van der Waals surface area contributed by atoms with Gasteiger partial charge in [0, 0.05) is 5.69 Å². The maximum absolute atomic E-state index is 11.8. The second-order valence-corrected chi connectivity index (χ2v) is 6.22. The third-order valence-electron chi connectivity index (χ3n) is 2.24. The lowest BCUT2D eigenvalue weighted by Crippen LogP contribution is -2.14. The molecule has 112 valence electrons. The van der Waals surface area contributed by atoms with Gasteiger partial charge in [-0.05, 0) is 18.2 Å². The van der Waals surface area contributed by atoms with Gasteiger partial charge in [0.15, 0.2) is 0 Å². The van der Waals surface area contributed by atoms with Crippen LogP contribution in [0.5, 0.6) is 0 Å². The molecule has 1 amide bonds.